The summed E-state index contributed by atoms with van der Waals surface area (Å²) in [7, 11) is 0. The summed E-state index contributed by atoms with van der Waals surface area (Å²) in [6, 6.07) is 7.92. The zero-order valence-electron chi connectivity index (χ0n) is 11.1. The molecule has 0 bridgehead atoms. The Hall–Kier alpha value is -1.09. The van der Waals surface area contributed by atoms with Crippen LogP contribution in [-0.4, -0.2) is 28.9 Å². The van der Waals surface area contributed by atoms with Crippen molar-refractivity contribution in [1.29, 1.82) is 0 Å². The third kappa shape index (κ3) is 5.31. The van der Waals surface area contributed by atoms with Crippen molar-refractivity contribution in [3.63, 3.8) is 0 Å². The van der Waals surface area contributed by atoms with Crippen molar-refractivity contribution >= 4 is 22.6 Å². The predicted molar refractivity (Wildman–Crippen MR) is 81.9 cm³/mol. The Morgan fingerprint density at radius 3 is 2.57 bits per heavy atom. The van der Waals surface area contributed by atoms with Crippen LogP contribution in [0.25, 0.3) is 11.4 Å². The van der Waals surface area contributed by atoms with E-state index in [2.05, 4.69) is 32.3 Å². The number of aromatic nitrogens is 2. The Morgan fingerprint density at radius 2 is 1.90 bits per heavy atom. The number of aryl methyl sites for hydroxylation is 1. The first kappa shape index (κ1) is 16.3. The first-order valence-corrected chi connectivity index (χ1v) is 7.45. The van der Waals surface area contributed by atoms with Crippen LogP contribution in [0.3, 0.4) is 0 Å². The molecule has 0 atom stereocenters. The first-order valence-electron chi connectivity index (χ1n) is 6.37. The summed E-state index contributed by atoms with van der Waals surface area (Å²) in [5.74, 6) is 0.808. The fraction of sp³-hybridized carbons (Fsp3) is 0.357. The van der Waals surface area contributed by atoms with E-state index >= 15 is 0 Å². The zero-order valence-corrected chi connectivity index (χ0v) is 13.3. The Balaban J connectivity index is 1.88. The third-order valence-corrected chi connectivity index (χ3v) is 3.49. The van der Waals surface area contributed by atoms with Crippen molar-refractivity contribution in [1.82, 2.24) is 9.55 Å². The summed E-state index contributed by atoms with van der Waals surface area (Å²) in [6.45, 7) is -0.552. The van der Waals surface area contributed by atoms with Gasteiger partial charge in [0.2, 0.25) is 0 Å². The normalized spacial score (nSPS) is 11.8. The maximum absolute atomic E-state index is 11.9. The number of hydrogen-bond acceptors (Lipinski definition) is 2. The molecule has 0 unspecified atom stereocenters. The van der Waals surface area contributed by atoms with Gasteiger partial charge in [-0.15, -0.1) is 0 Å². The van der Waals surface area contributed by atoms with Gasteiger partial charge in [-0.2, -0.15) is 13.2 Å². The lowest BCUT2D eigenvalue weighted by Crippen LogP contribution is -2.17. The summed E-state index contributed by atoms with van der Waals surface area (Å²) in [5, 5.41) is 0. The van der Waals surface area contributed by atoms with Crippen molar-refractivity contribution in [3.8, 4) is 11.4 Å². The molecule has 0 aliphatic carbocycles. The Bertz CT molecular complexity index is 566. The number of rotatable bonds is 6. The summed E-state index contributed by atoms with van der Waals surface area (Å²) >= 11 is 2.23. The number of ether oxygens (including phenoxy) is 1. The molecule has 0 fully saturated rings. The molecule has 0 aliphatic heterocycles. The average Bonchev–Trinajstić information content (AvgIpc) is 2.86. The van der Waals surface area contributed by atoms with Gasteiger partial charge in [-0.1, -0.05) is 12.1 Å². The van der Waals surface area contributed by atoms with Crippen molar-refractivity contribution in [2.24, 2.45) is 0 Å². The van der Waals surface area contributed by atoms with E-state index < -0.39 is 12.8 Å². The molecular weight excluding hydrogens is 396 g/mol. The molecule has 0 amide bonds. The number of halogens is 4. The number of nitrogens with zero attached hydrogens (tertiary/aromatic N) is 2. The largest absolute Gasteiger partial charge is 0.411 e. The summed E-state index contributed by atoms with van der Waals surface area (Å²) < 4.78 is 43.4. The monoisotopic (exact) mass is 410 g/mol. The second kappa shape index (κ2) is 7.26. The van der Waals surface area contributed by atoms with Crippen LogP contribution in [0.5, 0.6) is 0 Å². The van der Waals surface area contributed by atoms with E-state index in [4.69, 9.17) is 0 Å². The zero-order chi connectivity index (χ0) is 15.3. The molecule has 0 aliphatic rings. The molecule has 21 heavy (non-hydrogen) atoms. The van der Waals surface area contributed by atoms with Crippen LogP contribution in [-0.2, 0) is 11.3 Å². The van der Waals surface area contributed by atoms with E-state index in [-0.39, 0.29) is 6.61 Å². The Labute approximate surface area is 134 Å². The van der Waals surface area contributed by atoms with E-state index in [1.54, 1.807) is 6.20 Å². The van der Waals surface area contributed by atoms with Gasteiger partial charge in [0.1, 0.15) is 12.4 Å². The molecule has 2 aromatic rings. The van der Waals surface area contributed by atoms with Crippen molar-refractivity contribution in [2.75, 3.05) is 13.2 Å². The summed E-state index contributed by atoms with van der Waals surface area (Å²) in [5.41, 5.74) is 0.983. The molecule has 114 valence electrons. The molecular formula is C14H14F3IN2O. The molecule has 0 saturated heterocycles. The van der Waals surface area contributed by atoms with Crippen LogP contribution in [0.1, 0.15) is 6.42 Å². The second-order valence-electron chi connectivity index (χ2n) is 4.47. The van der Waals surface area contributed by atoms with Gasteiger partial charge in [0.05, 0.1) is 0 Å². The average molecular weight is 410 g/mol. The minimum Gasteiger partial charge on any atom is -0.372 e. The smallest absolute Gasteiger partial charge is 0.372 e. The fourth-order valence-electron chi connectivity index (χ4n) is 1.87. The molecule has 3 nitrogen and oxygen atoms in total. The highest BCUT2D eigenvalue weighted by Crippen LogP contribution is 2.19. The number of benzene rings is 1. The molecule has 1 aromatic carbocycles. The molecule has 1 heterocycles. The van der Waals surface area contributed by atoms with Crippen LogP contribution in [0.2, 0.25) is 0 Å². The van der Waals surface area contributed by atoms with Crippen LogP contribution < -0.4 is 0 Å². The van der Waals surface area contributed by atoms with Gasteiger partial charge in [0.25, 0.3) is 0 Å². The van der Waals surface area contributed by atoms with Crippen molar-refractivity contribution in [2.45, 2.75) is 19.1 Å². The highest BCUT2D eigenvalue weighted by Gasteiger charge is 2.27. The van der Waals surface area contributed by atoms with E-state index in [0.29, 0.717) is 13.0 Å². The lowest BCUT2D eigenvalue weighted by Gasteiger charge is -2.10. The van der Waals surface area contributed by atoms with Gasteiger partial charge >= 0.3 is 6.18 Å². The maximum atomic E-state index is 11.9. The van der Waals surface area contributed by atoms with Crippen LogP contribution in [0.15, 0.2) is 36.7 Å². The molecule has 7 heteroatoms. The third-order valence-electron chi connectivity index (χ3n) is 2.77. The van der Waals surface area contributed by atoms with Crippen molar-refractivity contribution < 1.29 is 17.9 Å². The van der Waals surface area contributed by atoms with Crippen LogP contribution in [0.4, 0.5) is 13.2 Å². The lowest BCUT2D eigenvalue weighted by molar-refractivity contribution is -0.174. The van der Waals surface area contributed by atoms with E-state index in [9.17, 15) is 13.2 Å². The Morgan fingerprint density at radius 1 is 1.19 bits per heavy atom. The summed E-state index contributed by atoms with van der Waals surface area (Å²) in [6.07, 6.45) is -0.258. The van der Waals surface area contributed by atoms with E-state index in [1.807, 2.05) is 35.0 Å². The van der Waals surface area contributed by atoms with Gasteiger partial charge < -0.3 is 9.30 Å². The quantitative estimate of drug-likeness (QED) is 0.529. The van der Waals surface area contributed by atoms with Gasteiger partial charge in [-0.05, 0) is 41.1 Å². The highest BCUT2D eigenvalue weighted by atomic mass is 127. The second-order valence-corrected chi connectivity index (χ2v) is 5.72. The minimum atomic E-state index is -4.26. The molecule has 0 saturated carbocycles. The van der Waals surface area contributed by atoms with Gasteiger partial charge in [0.15, 0.2) is 0 Å². The lowest BCUT2D eigenvalue weighted by atomic mass is 10.2. The van der Waals surface area contributed by atoms with Crippen LogP contribution in [0, 0.1) is 3.57 Å². The molecule has 0 radical (unpaired) electrons. The summed E-state index contributed by atoms with van der Waals surface area (Å²) in [4.78, 5) is 4.29. The topological polar surface area (TPSA) is 27.1 Å². The molecule has 0 N–H and O–H groups in total. The van der Waals surface area contributed by atoms with Gasteiger partial charge in [0, 0.05) is 34.7 Å². The van der Waals surface area contributed by atoms with E-state index in [0.717, 1.165) is 15.0 Å². The maximum Gasteiger partial charge on any atom is 0.411 e. The minimum absolute atomic E-state index is 0.0732. The standard InChI is InChI=1S/C14H14F3IN2O/c15-14(16,17)10-21-9-1-7-20-8-6-19-13(20)11-2-4-12(18)5-3-11/h2-6,8H,1,7,9-10H2. The number of imidazole rings is 1. The molecule has 1 aromatic heterocycles. The van der Waals surface area contributed by atoms with Gasteiger partial charge in [-0.3, -0.25) is 0 Å². The molecule has 0 spiro atoms. The number of hydrogen-bond donors (Lipinski definition) is 0. The number of alkyl halides is 3. The highest BCUT2D eigenvalue weighted by molar-refractivity contribution is 14.1. The van der Waals surface area contributed by atoms with Crippen LogP contribution >= 0.6 is 22.6 Å². The Kier molecular flexibility index (Phi) is 5.63. The molecule has 2 rings (SSSR count). The van der Waals surface area contributed by atoms with Gasteiger partial charge in [-0.25, -0.2) is 4.98 Å². The van der Waals surface area contributed by atoms with E-state index in [1.165, 1.54) is 0 Å². The SMILES string of the molecule is FC(F)(F)COCCCn1ccnc1-c1ccc(I)cc1. The predicted octanol–water partition coefficient (Wildman–Crippen LogP) is 4.12. The fourth-order valence-corrected chi connectivity index (χ4v) is 2.23. The first-order chi connectivity index (χ1) is 9.96. The van der Waals surface area contributed by atoms with Crippen molar-refractivity contribution in [3.05, 3.63) is 40.2 Å².